The number of carboxylic acids is 1. The molecule has 0 fully saturated rings. The van der Waals surface area contributed by atoms with Crippen LogP contribution in [-0.4, -0.2) is 35.8 Å². The molecule has 1 heterocycles. The molecule has 0 radical (unpaired) electrons. The van der Waals surface area contributed by atoms with Crippen LogP contribution in [0, 0.1) is 0 Å². The van der Waals surface area contributed by atoms with Crippen LogP contribution in [0.25, 0.3) is 11.3 Å². The molecular formula is C25H27NO6. The zero-order valence-electron chi connectivity index (χ0n) is 19.8. The molecule has 0 aliphatic rings. The number of amides is 1. The normalized spacial score (nSPS) is 12.0. The van der Waals surface area contributed by atoms with Crippen LogP contribution in [-0.2, 0) is 16.1 Å². The Balaban J connectivity index is 1.73. The second-order valence-corrected chi connectivity index (χ2v) is 7.00. The van der Waals surface area contributed by atoms with Crippen molar-refractivity contribution in [1.82, 2.24) is 5.06 Å². The second-order valence-electron chi connectivity index (χ2n) is 7.00. The maximum atomic E-state index is 13.1. The van der Waals surface area contributed by atoms with Crippen molar-refractivity contribution >= 4 is 11.9 Å². The summed E-state index contributed by atoms with van der Waals surface area (Å²) in [6.45, 7) is -2.03. The molecule has 1 N–H and O–H groups in total. The number of carbonyl (C=O) groups excluding carboxylic acids is 1. The number of benzene rings is 2. The molecule has 3 rings (SSSR count). The minimum atomic E-state index is -2.33. The SMILES string of the molecule is [2H]C([2H])(c1ccccc1OCCCCCC(=O)O)N(OC)C(=O)c1ccc(-c2ccco2)cc1. The van der Waals surface area contributed by atoms with Crippen LogP contribution in [0.2, 0.25) is 0 Å². The third-order valence-electron chi connectivity index (χ3n) is 4.71. The molecular weight excluding hydrogens is 410 g/mol. The fourth-order valence-electron chi connectivity index (χ4n) is 3.05. The van der Waals surface area contributed by atoms with Gasteiger partial charge in [0.1, 0.15) is 11.5 Å². The molecule has 0 aliphatic heterocycles. The monoisotopic (exact) mass is 439 g/mol. The molecule has 0 unspecified atom stereocenters. The number of aliphatic carboxylic acids is 1. The van der Waals surface area contributed by atoms with Crippen LogP contribution < -0.4 is 4.74 Å². The van der Waals surface area contributed by atoms with E-state index in [1.165, 1.54) is 7.11 Å². The smallest absolute Gasteiger partial charge is 0.303 e. The summed E-state index contributed by atoms with van der Waals surface area (Å²) in [5, 5.41) is 9.40. The van der Waals surface area contributed by atoms with Gasteiger partial charge in [-0.15, -0.1) is 0 Å². The molecule has 1 aromatic heterocycles. The molecule has 32 heavy (non-hydrogen) atoms. The number of ether oxygens (including phenoxy) is 1. The van der Waals surface area contributed by atoms with E-state index in [9.17, 15) is 9.59 Å². The first-order chi connectivity index (χ1) is 16.3. The molecule has 0 bridgehead atoms. The van der Waals surface area contributed by atoms with E-state index in [1.807, 2.05) is 0 Å². The largest absolute Gasteiger partial charge is 0.493 e. The summed E-state index contributed by atoms with van der Waals surface area (Å²) in [6, 6.07) is 16.7. The van der Waals surface area contributed by atoms with Crippen molar-refractivity contribution in [2.45, 2.75) is 32.2 Å². The zero-order chi connectivity index (χ0) is 24.6. The van der Waals surface area contributed by atoms with Gasteiger partial charge in [-0.1, -0.05) is 30.3 Å². The summed E-state index contributed by atoms with van der Waals surface area (Å²) in [5.41, 5.74) is 1.18. The van der Waals surface area contributed by atoms with Crippen molar-refractivity contribution < 1.29 is 31.4 Å². The molecule has 168 valence electrons. The summed E-state index contributed by atoms with van der Waals surface area (Å²) in [4.78, 5) is 29.0. The lowest BCUT2D eigenvalue weighted by molar-refractivity contribution is -0.137. The summed E-state index contributed by atoms with van der Waals surface area (Å²) in [5.74, 6) is -0.540. The summed E-state index contributed by atoms with van der Waals surface area (Å²) in [7, 11) is 1.23. The van der Waals surface area contributed by atoms with Crippen molar-refractivity contribution in [2.24, 2.45) is 0 Å². The molecule has 1 amide bonds. The van der Waals surface area contributed by atoms with Crippen LogP contribution >= 0.6 is 0 Å². The fraction of sp³-hybridized carbons (Fsp3) is 0.280. The number of nitrogens with zero attached hydrogens (tertiary/aromatic N) is 1. The van der Waals surface area contributed by atoms with Gasteiger partial charge in [0.25, 0.3) is 5.91 Å². The number of hydrogen-bond donors (Lipinski definition) is 1. The Morgan fingerprint density at radius 1 is 1.03 bits per heavy atom. The molecule has 0 saturated heterocycles. The minimum Gasteiger partial charge on any atom is -0.493 e. The third-order valence-corrected chi connectivity index (χ3v) is 4.71. The Morgan fingerprint density at radius 2 is 1.81 bits per heavy atom. The fourth-order valence-corrected chi connectivity index (χ4v) is 3.05. The lowest BCUT2D eigenvalue weighted by Crippen LogP contribution is -2.29. The number of hydroxylamine groups is 2. The van der Waals surface area contributed by atoms with E-state index in [1.54, 1.807) is 66.9 Å². The van der Waals surface area contributed by atoms with Gasteiger partial charge in [0.05, 0.1) is 29.2 Å². The average Bonchev–Trinajstić information content (AvgIpc) is 3.37. The van der Waals surface area contributed by atoms with Gasteiger partial charge in [-0.25, -0.2) is 5.06 Å². The quantitative estimate of drug-likeness (QED) is 0.309. The molecule has 2 aromatic carbocycles. The Labute approximate surface area is 189 Å². The number of rotatable bonds is 12. The van der Waals surface area contributed by atoms with Crippen LogP contribution in [0.5, 0.6) is 5.75 Å². The predicted molar refractivity (Wildman–Crippen MR) is 119 cm³/mol. The Kier molecular flexibility index (Phi) is 7.44. The van der Waals surface area contributed by atoms with E-state index in [-0.39, 0.29) is 23.3 Å². The summed E-state index contributed by atoms with van der Waals surface area (Å²) < 4.78 is 28.5. The second kappa shape index (κ2) is 11.7. The molecule has 0 aliphatic carbocycles. The highest BCUT2D eigenvalue weighted by Gasteiger charge is 2.18. The van der Waals surface area contributed by atoms with Gasteiger partial charge in [0, 0.05) is 23.1 Å². The van der Waals surface area contributed by atoms with Gasteiger partial charge >= 0.3 is 5.97 Å². The van der Waals surface area contributed by atoms with Crippen LogP contribution in [0.15, 0.2) is 71.3 Å². The van der Waals surface area contributed by atoms with Crippen molar-refractivity contribution in [2.75, 3.05) is 13.7 Å². The van der Waals surface area contributed by atoms with E-state index in [4.69, 9.17) is 21.8 Å². The summed E-state index contributed by atoms with van der Waals surface area (Å²) in [6.07, 6.45) is 3.52. The Bertz CT molecular complexity index is 1080. The van der Waals surface area contributed by atoms with E-state index in [0.717, 1.165) is 5.56 Å². The molecule has 0 spiro atoms. The molecule has 3 aromatic rings. The van der Waals surface area contributed by atoms with Crippen molar-refractivity contribution in [3.63, 3.8) is 0 Å². The number of para-hydroxylation sites is 1. The topological polar surface area (TPSA) is 89.2 Å². The van der Waals surface area contributed by atoms with Gasteiger partial charge in [0.2, 0.25) is 0 Å². The van der Waals surface area contributed by atoms with Crippen molar-refractivity contribution in [3.05, 3.63) is 78.1 Å². The first-order valence-corrected chi connectivity index (χ1v) is 10.3. The molecule has 0 saturated carbocycles. The van der Waals surface area contributed by atoms with Gasteiger partial charge in [-0.3, -0.25) is 14.4 Å². The standard InChI is InChI=1S/C25H27NO6/c1-30-26(25(29)20-14-12-19(13-15-20)22-10-7-17-32-22)18-21-8-4-5-9-23(21)31-16-6-2-3-11-24(27)28/h4-5,7-10,12-15,17H,2-3,6,11,16,18H2,1H3,(H,27,28)/i18D2. The number of carbonyl (C=O) groups is 2. The highest BCUT2D eigenvalue weighted by atomic mass is 16.7. The number of carboxylic acid groups (broad SMARTS) is 1. The van der Waals surface area contributed by atoms with Crippen LogP contribution in [0.4, 0.5) is 0 Å². The third kappa shape index (κ3) is 6.46. The van der Waals surface area contributed by atoms with Gasteiger partial charge < -0.3 is 14.3 Å². The summed E-state index contributed by atoms with van der Waals surface area (Å²) >= 11 is 0. The first kappa shape index (κ1) is 20.3. The first-order valence-electron chi connectivity index (χ1n) is 11.3. The minimum absolute atomic E-state index is 0.104. The predicted octanol–water partition coefficient (Wildman–Crippen LogP) is 5.17. The highest BCUT2D eigenvalue weighted by Crippen LogP contribution is 2.23. The van der Waals surface area contributed by atoms with Crippen LogP contribution in [0.3, 0.4) is 0 Å². The average molecular weight is 440 g/mol. The van der Waals surface area contributed by atoms with Gasteiger partial charge in [-0.2, -0.15) is 0 Å². The van der Waals surface area contributed by atoms with E-state index in [0.29, 0.717) is 36.7 Å². The van der Waals surface area contributed by atoms with Gasteiger partial charge in [0.15, 0.2) is 0 Å². The number of hydrogen-bond acceptors (Lipinski definition) is 5. The Hall–Kier alpha value is -3.58. The lowest BCUT2D eigenvalue weighted by atomic mass is 10.1. The van der Waals surface area contributed by atoms with Crippen LogP contribution in [0.1, 0.15) is 44.3 Å². The maximum absolute atomic E-state index is 13.1. The maximum Gasteiger partial charge on any atom is 0.303 e. The molecule has 7 nitrogen and oxygen atoms in total. The van der Waals surface area contributed by atoms with E-state index < -0.39 is 18.4 Å². The lowest BCUT2D eigenvalue weighted by Gasteiger charge is -2.21. The number of unbranched alkanes of at least 4 members (excludes halogenated alkanes) is 2. The zero-order valence-corrected chi connectivity index (χ0v) is 17.8. The van der Waals surface area contributed by atoms with Gasteiger partial charge in [-0.05, 0) is 49.6 Å². The Morgan fingerprint density at radius 3 is 2.50 bits per heavy atom. The molecule has 0 atom stereocenters. The van der Waals surface area contributed by atoms with E-state index >= 15 is 0 Å². The van der Waals surface area contributed by atoms with Crippen molar-refractivity contribution in [3.8, 4) is 17.1 Å². The highest BCUT2D eigenvalue weighted by molar-refractivity contribution is 5.94. The van der Waals surface area contributed by atoms with E-state index in [2.05, 4.69) is 0 Å². The van der Waals surface area contributed by atoms with Crippen molar-refractivity contribution in [1.29, 1.82) is 0 Å². The molecule has 7 heteroatoms. The number of furan rings is 1.